The molecule has 2 heterocycles. The van der Waals surface area contributed by atoms with Crippen molar-refractivity contribution in [1.29, 1.82) is 0 Å². The first kappa shape index (κ1) is 19.9. The highest BCUT2D eigenvalue weighted by Gasteiger charge is 2.27. The zero-order valence-corrected chi connectivity index (χ0v) is 17.0. The number of para-hydroxylation sites is 2. The van der Waals surface area contributed by atoms with Crippen molar-refractivity contribution in [2.45, 2.75) is 32.3 Å². The second kappa shape index (κ2) is 9.42. The number of hydrogen-bond donors (Lipinski definition) is 0. The van der Waals surface area contributed by atoms with Gasteiger partial charge in [-0.1, -0.05) is 36.4 Å². The van der Waals surface area contributed by atoms with Crippen molar-refractivity contribution in [3.05, 3.63) is 59.7 Å². The molecular weight excluding hydrogens is 366 g/mol. The molecule has 1 saturated heterocycles. The number of rotatable bonds is 6. The van der Waals surface area contributed by atoms with E-state index in [4.69, 9.17) is 14.2 Å². The lowest BCUT2D eigenvalue weighted by molar-refractivity contribution is -0.150. The van der Waals surface area contributed by atoms with Crippen LogP contribution in [0.25, 0.3) is 0 Å². The summed E-state index contributed by atoms with van der Waals surface area (Å²) in [6.45, 7) is 5.51. The third-order valence-electron chi connectivity index (χ3n) is 5.72. The molecule has 5 nitrogen and oxygen atoms in total. The molecule has 29 heavy (non-hydrogen) atoms. The van der Waals surface area contributed by atoms with Gasteiger partial charge in [-0.2, -0.15) is 0 Å². The predicted molar refractivity (Wildman–Crippen MR) is 111 cm³/mol. The Morgan fingerprint density at radius 3 is 2.79 bits per heavy atom. The van der Waals surface area contributed by atoms with E-state index in [-0.39, 0.29) is 18.0 Å². The van der Waals surface area contributed by atoms with E-state index in [0.29, 0.717) is 13.2 Å². The van der Waals surface area contributed by atoms with E-state index in [2.05, 4.69) is 17.0 Å². The average Bonchev–Trinajstić information content (AvgIpc) is 2.91. The lowest BCUT2D eigenvalue weighted by Gasteiger charge is -2.31. The van der Waals surface area contributed by atoms with Crippen LogP contribution >= 0.6 is 0 Å². The van der Waals surface area contributed by atoms with Crippen molar-refractivity contribution in [2.75, 3.05) is 32.8 Å². The number of nitrogens with zero attached hydrogens (tertiary/aromatic N) is 1. The molecule has 0 N–H and O–H groups in total. The maximum absolute atomic E-state index is 12.1. The van der Waals surface area contributed by atoms with Crippen molar-refractivity contribution in [3.63, 3.8) is 0 Å². The molecule has 5 heteroatoms. The standard InChI is InChI=1S/C24H29NO4/c1-2-27-24(26)19-9-7-13-25(17-19)14-15-28-23-16-18-8-3-5-11-21(18)29-22-12-6-4-10-20(22)23/h3-6,8,10-12,19,23H,2,7,9,13-17H2,1H3/t19-,23?/m1/s1. The number of ether oxygens (including phenoxy) is 3. The summed E-state index contributed by atoms with van der Waals surface area (Å²) >= 11 is 0. The summed E-state index contributed by atoms with van der Waals surface area (Å²) in [4.78, 5) is 14.4. The third-order valence-corrected chi connectivity index (χ3v) is 5.72. The molecule has 2 aromatic carbocycles. The molecule has 0 saturated carbocycles. The summed E-state index contributed by atoms with van der Waals surface area (Å²) in [6.07, 6.45) is 2.69. The van der Waals surface area contributed by atoms with Gasteiger partial charge in [0, 0.05) is 25.1 Å². The molecule has 2 aliphatic rings. The van der Waals surface area contributed by atoms with Gasteiger partial charge in [0.25, 0.3) is 0 Å². The van der Waals surface area contributed by atoms with E-state index in [1.165, 1.54) is 0 Å². The van der Waals surface area contributed by atoms with E-state index in [1.807, 2.05) is 43.3 Å². The fourth-order valence-corrected chi connectivity index (χ4v) is 4.22. The Balaban J connectivity index is 1.38. The zero-order chi connectivity index (χ0) is 20.1. The first-order chi connectivity index (χ1) is 14.2. The highest BCUT2D eigenvalue weighted by molar-refractivity contribution is 5.72. The maximum Gasteiger partial charge on any atom is 0.310 e. The Kier molecular flexibility index (Phi) is 6.47. The number of carbonyl (C=O) groups excluding carboxylic acids is 1. The van der Waals surface area contributed by atoms with Crippen molar-refractivity contribution in [2.24, 2.45) is 5.92 Å². The van der Waals surface area contributed by atoms with Gasteiger partial charge in [0.05, 0.1) is 25.2 Å². The van der Waals surface area contributed by atoms with Crippen LogP contribution in [0.2, 0.25) is 0 Å². The Labute approximate surface area is 172 Å². The quantitative estimate of drug-likeness (QED) is 0.680. The molecule has 0 bridgehead atoms. The molecule has 1 unspecified atom stereocenters. The minimum absolute atomic E-state index is 0.0115. The maximum atomic E-state index is 12.1. The predicted octanol–water partition coefficient (Wildman–Crippen LogP) is 4.37. The van der Waals surface area contributed by atoms with Gasteiger partial charge in [-0.25, -0.2) is 0 Å². The number of likely N-dealkylation sites (tertiary alicyclic amines) is 1. The number of benzene rings is 2. The molecule has 1 fully saturated rings. The molecule has 4 rings (SSSR count). The highest BCUT2D eigenvalue weighted by Crippen LogP contribution is 2.39. The topological polar surface area (TPSA) is 48.0 Å². The van der Waals surface area contributed by atoms with Crippen LogP contribution in [0.4, 0.5) is 0 Å². The van der Waals surface area contributed by atoms with Gasteiger partial charge in [0.15, 0.2) is 0 Å². The Morgan fingerprint density at radius 1 is 1.14 bits per heavy atom. The fourth-order valence-electron chi connectivity index (χ4n) is 4.22. The Hall–Kier alpha value is -2.37. The van der Waals surface area contributed by atoms with E-state index in [9.17, 15) is 4.79 Å². The smallest absolute Gasteiger partial charge is 0.310 e. The largest absolute Gasteiger partial charge is 0.466 e. The monoisotopic (exact) mass is 395 g/mol. The van der Waals surface area contributed by atoms with Crippen LogP contribution in [0.5, 0.6) is 11.5 Å². The van der Waals surface area contributed by atoms with Crippen LogP contribution in [0, 0.1) is 5.92 Å². The van der Waals surface area contributed by atoms with Crippen LogP contribution in [0.3, 0.4) is 0 Å². The summed E-state index contributed by atoms with van der Waals surface area (Å²) in [5.74, 6) is 1.69. The van der Waals surface area contributed by atoms with E-state index >= 15 is 0 Å². The van der Waals surface area contributed by atoms with Crippen LogP contribution in [0.1, 0.15) is 37.0 Å². The SMILES string of the molecule is CCOC(=O)[C@@H]1CCCN(CCOC2Cc3ccccc3Oc3ccccc32)C1. The Morgan fingerprint density at radius 2 is 1.93 bits per heavy atom. The van der Waals surface area contributed by atoms with Gasteiger partial charge in [-0.15, -0.1) is 0 Å². The van der Waals surface area contributed by atoms with Crippen LogP contribution < -0.4 is 4.74 Å². The second-order valence-electron chi connectivity index (χ2n) is 7.70. The van der Waals surface area contributed by atoms with Crippen LogP contribution in [0.15, 0.2) is 48.5 Å². The minimum Gasteiger partial charge on any atom is -0.466 e. The van der Waals surface area contributed by atoms with Gasteiger partial charge < -0.3 is 19.1 Å². The molecular formula is C24H29NO4. The highest BCUT2D eigenvalue weighted by atomic mass is 16.5. The first-order valence-corrected chi connectivity index (χ1v) is 10.6. The van der Waals surface area contributed by atoms with Crippen molar-refractivity contribution in [3.8, 4) is 11.5 Å². The van der Waals surface area contributed by atoms with Gasteiger partial charge >= 0.3 is 5.97 Å². The number of fused-ring (bicyclic) bond motifs is 2. The lowest BCUT2D eigenvalue weighted by Crippen LogP contribution is -2.41. The second-order valence-corrected chi connectivity index (χ2v) is 7.70. The number of piperidine rings is 1. The van der Waals surface area contributed by atoms with Crippen molar-refractivity contribution < 1.29 is 19.0 Å². The molecule has 0 radical (unpaired) electrons. The molecule has 2 aliphatic heterocycles. The summed E-state index contributed by atoms with van der Waals surface area (Å²) < 4.78 is 17.7. The molecule has 154 valence electrons. The first-order valence-electron chi connectivity index (χ1n) is 10.6. The summed E-state index contributed by atoms with van der Waals surface area (Å²) in [5.41, 5.74) is 2.25. The van der Waals surface area contributed by atoms with Crippen molar-refractivity contribution in [1.82, 2.24) is 4.90 Å². The lowest BCUT2D eigenvalue weighted by atomic mass is 9.98. The summed E-state index contributed by atoms with van der Waals surface area (Å²) in [7, 11) is 0. The molecule has 0 spiro atoms. The number of esters is 1. The van der Waals surface area contributed by atoms with E-state index in [0.717, 1.165) is 61.5 Å². The van der Waals surface area contributed by atoms with E-state index in [1.54, 1.807) is 0 Å². The summed E-state index contributed by atoms with van der Waals surface area (Å²) in [5, 5.41) is 0. The number of hydrogen-bond acceptors (Lipinski definition) is 5. The molecule has 0 aromatic heterocycles. The van der Waals surface area contributed by atoms with Gasteiger partial charge in [-0.3, -0.25) is 4.79 Å². The molecule has 0 aliphatic carbocycles. The van der Waals surface area contributed by atoms with E-state index < -0.39 is 0 Å². The number of carbonyl (C=O) groups is 1. The van der Waals surface area contributed by atoms with Gasteiger partial charge in [0.1, 0.15) is 11.5 Å². The molecule has 2 aromatic rings. The van der Waals surface area contributed by atoms with Crippen molar-refractivity contribution >= 4 is 5.97 Å². The van der Waals surface area contributed by atoms with Crippen LogP contribution in [-0.4, -0.2) is 43.7 Å². The third kappa shape index (κ3) is 4.80. The minimum atomic E-state index is -0.0652. The van der Waals surface area contributed by atoms with Gasteiger partial charge in [0.2, 0.25) is 0 Å². The average molecular weight is 395 g/mol. The fraction of sp³-hybridized carbons (Fsp3) is 0.458. The molecule has 0 amide bonds. The van der Waals surface area contributed by atoms with Gasteiger partial charge in [-0.05, 0) is 44.0 Å². The normalized spacial score (nSPS) is 21.4. The molecule has 2 atom stereocenters. The zero-order valence-electron chi connectivity index (χ0n) is 17.0. The van der Waals surface area contributed by atoms with Crippen LogP contribution in [-0.2, 0) is 20.7 Å². The summed E-state index contributed by atoms with van der Waals surface area (Å²) in [6, 6.07) is 16.3. The Bertz CT molecular complexity index is 837.